The number of aromatic nitrogens is 5. The average molecular weight is 337 g/mol. The molecule has 3 heterocycles. The van der Waals surface area contributed by atoms with Crippen LogP contribution in [0.4, 0.5) is 0 Å². The number of nitrogens with two attached hydrogens (primary N) is 1. The number of rotatable bonds is 3. The van der Waals surface area contributed by atoms with Crippen molar-refractivity contribution in [3.8, 4) is 0 Å². The van der Waals surface area contributed by atoms with Crippen molar-refractivity contribution in [1.82, 2.24) is 24.8 Å². The Morgan fingerprint density at radius 1 is 1.42 bits per heavy atom. The van der Waals surface area contributed by atoms with E-state index in [9.17, 15) is 15.0 Å². The van der Waals surface area contributed by atoms with Crippen LogP contribution < -0.4 is 11.3 Å². The van der Waals surface area contributed by atoms with Gasteiger partial charge in [0.25, 0.3) is 5.56 Å². The van der Waals surface area contributed by atoms with Crippen LogP contribution in [0.1, 0.15) is 32.2 Å². The quantitative estimate of drug-likeness (QED) is 0.381. The molecule has 130 valence electrons. The van der Waals surface area contributed by atoms with Gasteiger partial charge in [0.15, 0.2) is 11.7 Å². The Morgan fingerprint density at radius 2 is 2.12 bits per heavy atom. The smallest absolute Gasteiger partial charge is 0.299 e. The molecular weight excluding hydrogens is 318 g/mol. The number of ether oxygens (including phenoxy) is 1. The number of nitrogens with zero attached hydrogens (tertiary/aromatic N) is 5. The van der Waals surface area contributed by atoms with E-state index in [1.54, 1.807) is 6.92 Å². The van der Waals surface area contributed by atoms with Gasteiger partial charge in [-0.1, -0.05) is 18.6 Å². The highest BCUT2D eigenvalue weighted by Gasteiger charge is 2.43. The first-order valence-electron chi connectivity index (χ1n) is 7.59. The summed E-state index contributed by atoms with van der Waals surface area (Å²) >= 11 is 0. The molecule has 0 aliphatic carbocycles. The molecule has 0 amide bonds. The Kier molecular flexibility index (Phi) is 4.07. The summed E-state index contributed by atoms with van der Waals surface area (Å²) in [6.07, 6.45) is -3.00. The number of hydrogen-bond acceptors (Lipinski definition) is 8. The van der Waals surface area contributed by atoms with Gasteiger partial charge in [-0.2, -0.15) is 14.5 Å². The average Bonchev–Trinajstić information content (AvgIpc) is 3.03. The lowest BCUT2D eigenvalue weighted by atomic mass is 10.1. The lowest BCUT2D eigenvalue weighted by molar-refractivity contribution is -0.0439. The van der Waals surface area contributed by atoms with Crippen molar-refractivity contribution in [2.75, 3.05) is 0 Å². The number of fused-ring (bicyclic) bond motifs is 1. The highest BCUT2D eigenvalue weighted by Crippen LogP contribution is 2.27. The normalized spacial score (nSPS) is 27.0. The molecule has 11 nitrogen and oxygen atoms in total. The van der Waals surface area contributed by atoms with Crippen LogP contribution in [-0.2, 0) is 11.2 Å². The van der Waals surface area contributed by atoms with Crippen molar-refractivity contribution in [1.29, 1.82) is 5.41 Å². The summed E-state index contributed by atoms with van der Waals surface area (Å²) in [5.41, 5.74) is 5.61. The molecule has 24 heavy (non-hydrogen) atoms. The molecule has 2 aromatic rings. The minimum Gasteiger partial charge on any atom is -0.388 e. The summed E-state index contributed by atoms with van der Waals surface area (Å²) in [4.78, 5) is 12.8. The molecule has 0 spiro atoms. The second-order valence-electron chi connectivity index (χ2n) is 5.74. The molecule has 1 aliphatic rings. The zero-order valence-electron chi connectivity index (χ0n) is 13.2. The SMILES string of the molecule is CCCc1nn(C(=N)N)c2c(=O)n(C3OC(C)C(O)C3O)nnc12. The van der Waals surface area contributed by atoms with Crippen molar-refractivity contribution in [3.63, 3.8) is 0 Å². The molecule has 5 N–H and O–H groups in total. The Morgan fingerprint density at radius 3 is 2.67 bits per heavy atom. The van der Waals surface area contributed by atoms with Gasteiger partial charge in [0.1, 0.15) is 17.7 Å². The molecule has 1 aliphatic heterocycles. The van der Waals surface area contributed by atoms with E-state index in [2.05, 4.69) is 15.4 Å². The summed E-state index contributed by atoms with van der Waals surface area (Å²) in [6, 6.07) is 0. The van der Waals surface area contributed by atoms with E-state index in [1.807, 2.05) is 6.92 Å². The zero-order chi connectivity index (χ0) is 17.6. The van der Waals surface area contributed by atoms with Crippen LogP contribution in [0.5, 0.6) is 0 Å². The lowest BCUT2D eigenvalue weighted by Crippen LogP contribution is -2.37. The third-order valence-electron chi connectivity index (χ3n) is 4.02. The van der Waals surface area contributed by atoms with Crippen LogP contribution in [-0.4, -0.2) is 59.3 Å². The number of nitrogen functional groups attached to an aromatic ring is 1. The first-order valence-corrected chi connectivity index (χ1v) is 7.59. The summed E-state index contributed by atoms with van der Waals surface area (Å²) in [5, 5.41) is 39.4. The number of aliphatic hydroxyl groups excluding tert-OH is 2. The standard InChI is InChI=1S/C13H19N7O4/c1-3-4-6-7-8(19(17-6)13(14)15)11(23)20(18-16-7)12-10(22)9(21)5(2)24-12/h5,9-10,12,21-22H,3-4H2,1-2H3,(H3,14,15). The van der Waals surface area contributed by atoms with E-state index in [0.717, 1.165) is 15.8 Å². The molecule has 4 unspecified atom stereocenters. The lowest BCUT2D eigenvalue weighted by Gasteiger charge is -2.15. The topological polar surface area (TPSA) is 165 Å². The minimum atomic E-state index is -1.33. The van der Waals surface area contributed by atoms with Gasteiger partial charge in [-0.15, -0.1) is 5.10 Å². The van der Waals surface area contributed by atoms with Gasteiger partial charge in [0, 0.05) is 0 Å². The van der Waals surface area contributed by atoms with Crippen molar-refractivity contribution in [2.24, 2.45) is 5.73 Å². The van der Waals surface area contributed by atoms with Crippen molar-refractivity contribution in [2.45, 2.75) is 51.2 Å². The van der Waals surface area contributed by atoms with Gasteiger partial charge in [-0.25, -0.2) is 0 Å². The second kappa shape index (κ2) is 5.92. The fourth-order valence-corrected chi connectivity index (χ4v) is 2.77. The summed E-state index contributed by atoms with van der Waals surface area (Å²) in [7, 11) is 0. The maximum absolute atomic E-state index is 12.8. The highest BCUT2D eigenvalue weighted by molar-refractivity contribution is 5.89. The maximum atomic E-state index is 12.8. The van der Waals surface area contributed by atoms with Gasteiger partial charge >= 0.3 is 0 Å². The molecule has 0 saturated carbocycles. The first kappa shape index (κ1) is 16.5. The fourth-order valence-electron chi connectivity index (χ4n) is 2.77. The predicted octanol–water partition coefficient (Wildman–Crippen LogP) is -1.68. The molecule has 11 heteroatoms. The van der Waals surface area contributed by atoms with E-state index in [4.69, 9.17) is 15.9 Å². The maximum Gasteiger partial charge on any atom is 0.299 e. The van der Waals surface area contributed by atoms with Crippen molar-refractivity contribution >= 4 is 17.0 Å². The molecule has 1 saturated heterocycles. The van der Waals surface area contributed by atoms with Crippen LogP contribution in [0.15, 0.2) is 4.79 Å². The van der Waals surface area contributed by atoms with Gasteiger partial charge in [0.05, 0.1) is 11.8 Å². The largest absolute Gasteiger partial charge is 0.388 e. The molecule has 0 radical (unpaired) electrons. The van der Waals surface area contributed by atoms with Crippen molar-refractivity contribution in [3.05, 3.63) is 16.0 Å². The third kappa shape index (κ3) is 2.37. The summed E-state index contributed by atoms with van der Waals surface area (Å²) < 4.78 is 7.24. The zero-order valence-corrected chi connectivity index (χ0v) is 13.2. The number of hydrogen-bond donors (Lipinski definition) is 4. The van der Waals surface area contributed by atoms with E-state index in [0.29, 0.717) is 12.1 Å². The van der Waals surface area contributed by atoms with E-state index in [1.165, 1.54) is 0 Å². The first-order chi connectivity index (χ1) is 11.4. The Balaban J connectivity index is 2.19. The molecule has 2 aromatic heterocycles. The Hall–Kier alpha value is -2.37. The molecular formula is C13H19N7O4. The van der Waals surface area contributed by atoms with Gasteiger partial charge < -0.3 is 20.7 Å². The monoisotopic (exact) mass is 337 g/mol. The van der Waals surface area contributed by atoms with Gasteiger partial charge in [-0.3, -0.25) is 10.2 Å². The van der Waals surface area contributed by atoms with Crippen LogP contribution in [0.2, 0.25) is 0 Å². The predicted molar refractivity (Wildman–Crippen MR) is 82.5 cm³/mol. The van der Waals surface area contributed by atoms with Gasteiger partial charge in [-0.05, 0) is 13.3 Å². The van der Waals surface area contributed by atoms with E-state index in [-0.39, 0.29) is 11.0 Å². The van der Waals surface area contributed by atoms with E-state index >= 15 is 0 Å². The second-order valence-corrected chi connectivity index (χ2v) is 5.74. The minimum absolute atomic E-state index is 0.00853. The number of aryl methyl sites for hydroxylation is 1. The summed E-state index contributed by atoms with van der Waals surface area (Å²) in [6.45, 7) is 3.52. The van der Waals surface area contributed by atoms with Crippen LogP contribution >= 0.6 is 0 Å². The Bertz CT molecular complexity index is 845. The van der Waals surface area contributed by atoms with Crippen LogP contribution in [0, 0.1) is 5.41 Å². The number of nitrogens with one attached hydrogen (secondary N) is 1. The molecule has 3 rings (SSSR count). The van der Waals surface area contributed by atoms with Crippen LogP contribution in [0.25, 0.3) is 11.0 Å². The molecule has 4 atom stereocenters. The molecule has 0 aromatic carbocycles. The fraction of sp³-hybridized carbons (Fsp3) is 0.615. The van der Waals surface area contributed by atoms with E-state index < -0.39 is 36.1 Å². The van der Waals surface area contributed by atoms with Crippen LogP contribution in [0.3, 0.4) is 0 Å². The third-order valence-corrected chi connectivity index (χ3v) is 4.02. The van der Waals surface area contributed by atoms with Gasteiger partial charge in [0.2, 0.25) is 5.96 Å². The molecule has 1 fully saturated rings. The highest BCUT2D eigenvalue weighted by atomic mass is 16.6. The molecule has 0 bridgehead atoms. The van der Waals surface area contributed by atoms with Crippen molar-refractivity contribution < 1.29 is 14.9 Å². The summed E-state index contributed by atoms with van der Waals surface area (Å²) in [5.74, 6) is -0.430. The Labute approximate surface area is 136 Å². The number of aliphatic hydroxyl groups is 2.